The fourth-order valence-corrected chi connectivity index (χ4v) is 4.66. The quantitative estimate of drug-likeness (QED) is 0.554. The van der Waals surface area contributed by atoms with Crippen LogP contribution in [0.4, 0.5) is 5.69 Å². The number of carboxylic acid groups (broad SMARTS) is 1. The van der Waals surface area contributed by atoms with Crippen molar-refractivity contribution < 1.29 is 14.7 Å². The second-order valence-electron chi connectivity index (χ2n) is 8.54. The molecule has 0 bridgehead atoms. The van der Waals surface area contributed by atoms with Crippen molar-refractivity contribution >= 4 is 28.5 Å². The number of fused-ring (bicyclic) bond motifs is 1. The van der Waals surface area contributed by atoms with Gasteiger partial charge < -0.3 is 15.3 Å². The Morgan fingerprint density at radius 3 is 2.50 bits per heavy atom. The fourth-order valence-electron chi connectivity index (χ4n) is 4.66. The molecule has 1 heterocycles. The summed E-state index contributed by atoms with van der Waals surface area (Å²) in [6.07, 6.45) is 6.08. The number of amides is 1. The molecular formula is C26H29N3O3. The Morgan fingerprint density at radius 2 is 1.78 bits per heavy atom. The van der Waals surface area contributed by atoms with Gasteiger partial charge in [-0.25, -0.2) is 4.79 Å². The molecule has 166 valence electrons. The molecule has 2 N–H and O–H groups in total. The number of rotatable bonds is 8. The van der Waals surface area contributed by atoms with Crippen LogP contribution in [-0.2, 0) is 16.0 Å². The van der Waals surface area contributed by atoms with E-state index in [1.165, 1.54) is 4.90 Å². The Morgan fingerprint density at radius 1 is 1.06 bits per heavy atom. The zero-order chi connectivity index (χ0) is 22.5. The van der Waals surface area contributed by atoms with E-state index in [1.54, 1.807) is 13.2 Å². The summed E-state index contributed by atoms with van der Waals surface area (Å²) >= 11 is 0. The number of likely N-dealkylation sites (N-methyl/N-ethyl adjacent to an activating group) is 1. The molecule has 0 unspecified atom stereocenters. The highest BCUT2D eigenvalue weighted by atomic mass is 16.4. The number of hydrogen-bond acceptors (Lipinski definition) is 4. The minimum Gasteiger partial charge on any atom is -0.480 e. The predicted octanol–water partition coefficient (Wildman–Crippen LogP) is 4.36. The molecule has 2 atom stereocenters. The maximum absolute atomic E-state index is 13.7. The third-order valence-corrected chi connectivity index (χ3v) is 6.45. The van der Waals surface area contributed by atoms with E-state index in [9.17, 15) is 14.7 Å². The summed E-state index contributed by atoms with van der Waals surface area (Å²) in [5, 5.41) is 14.4. The first-order valence-electron chi connectivity index (χ1n) is 11.2. The van der Waals surface area contributed by atoms with E-state index in [2.05, 4.69) is 10.3 Å². The number of pyridine rings is 1. The highest BCUT2D eigenvalue weighted by Crippen LogP contribution is 2.32. The molecule has 3 aromatic rings. The van der Waals surface area contributed by atoms with E-state index in [-0.39, 0.29) is 18.2 Å². The van der Waals surface area contributed by atoms with Crippen molar-refractivity contribution in [2.45, 2.75) is 44.2 Å². The summed E-state index contributed by atoms with van der Waals surface area (Å²) in [7, 11) is 1.61. The first kappa shape index (κ1) is 21.8. The maximum Gasteiger partial charge on any atom is 0.326 e. The molecule has 1 fully saturated rings. The van der Waals surface area contributed by atoms with Crippen LogP contribution in [0.2, 0.25) is 0 Å². The number of nitrogens with zero attached hydrogens (tertiary/aromatic N) is 2. The molecule has 0 radical (unpaired) electrons. The van der Waals surface area contributed by atoms with Gasteiger partial charge in [0, 0.05) is 25.1 Å². The van der Waals surface area contributed by atoms with Gasteiger partial charge >= 0.3 is 5.97 Å². The molecule has 1 amide bonds. The molecule has 6 nitrogen and oxygen atoms in total. The molecule has 4 rings (SSSR count). The molecule has 32 heavy (non-hydrogen) atoms. The molecule has 0 saturated heterocycles. The largest absolute Gasteiger partial charge is 0.480 e. The van der Waals surface area contributed by atoms with Gasteiger partial charge in [0.15, 0.2) is 0 Å². The second kappa shape index (κ2) is 9.81. The Bertz CT molecular complexity index is 1070. The average molecular weight is 432 g/mol. The highest BCUT2D eigenvalue weighted by Gasteiger charge is 2.36. The number of carbonyl (C=O) groups is 2. The maximum atomic E-state index is 13.7. The van der Waals surface area contributed by atoms with E-state index < -0.39 is 18.1 Å². The van der Waals surface area contributed by atoms with Gasteiger partial charge in [0.25, 0.3) is 0 Å². The molecule has 0 spiro atoms. The lowest BCUT2D eigenvalue weighted by molar-refractivity contribution is -0.149. The van der Waals surface area contributed by atoms with Crippen LogP contribution in [0, 0.1) is 5.92 Å². The zero-order valence-corrected chi connectivity index (χ0v) is 18.3. The zero-order valence-electron chi connectivity index (χ0n) is 18.3. The third-order valence-electron chi connectivity index (χ3n) is 6.45. The molecule has 1 aromatic heterocycles. The van der Waals surface area contributed by atoms with Gasteiger partial charge in [0.1, 0.15) is 12.1 Å². The monoisotopic (exact) mass is 431 g/mol. The number of benzene rings is 2. The summed E-state index contributed by atoms with van der Waals surface area (Å²) in [4.78, 5) is 31.7. The smallest absolute Gasteiger partial charge is 0.326 e. The number of para-hydroxylation sites is 1. The third kappa shape index (κ3) is 4.74. The van der Waals surface area contributed by atoms with Gasteiger partial charge in [-0.2, -0.15) is 0 Å². The fraction of sp³-hybridized carbons (Fsp3) is 0.346. The van der Waals surface area contributed by atoms with Crippen molar-refractivity contribution in [3.63, 3.8) is 0 Å². The SMILES string of the molecule is CN(C(=O)[C@H](Nc1cccc2cccnc12)C1CCCC1)[C@@H](Cc1ccccc1)C(=O)O. The van der Waals surface area contributed by atoms with E-state index in [0.29, 0.717) is 0 Å². The van der Waals surface area contributed by atoms with Crippen LogP contribution in [0.1, 0.15) is 31.2 Å². The molecule has 0 aliphatic heterocycles. The van der Waals surface area contributed by atoms with Gasteiger partial charge in [0.2, 0.25) is 5.91 Å². The number of aromatic nitrogens is 1. The lowest BCUT2D eigenvalue weighted by Crippen LogP contribution is -2.51. The molecule has 6 heteroatoms. The van der Waals surface area contributed by atoms with Gasteiger partial charge in [-0.05, 0) is 36.5 Å². The summed E-state index contributed by atoms with van der Waals surface area (Å²) < 4.78 is 0. The number of aliphatic carboxylic acids is 1. The van der Waals surface area contributed by atoms with Gasteiger partial charge in [-0.15, -0.1) is 0 Å². The Kier molecular flexibility index (Phi) is 6.69. The van der Waals surface area contributed by atoms with Crippen LogP contribution in [0.3, 0.4) is 0 Å². The predicted molar refractivity (Wildman–Crippen MR) is 125 cm³/mol. The van der Waals surface area contributed by atoms with Crippen LogP contribution in [0.5, 0.6) is 0 Å². The minimum absolute atomic E-state index is 0.162. The van der Waals surface area contributed by atoms with Gasteiger partial charge in [-0.1, -0.05) is 61.4 Å². The van der Waals surface area contributed by atoms with Crippen molar-refractivity contribution in [2.75, 3.05) is 12.4 Å². The number of carbonyl (C=O) groups excluding carboxylic acids is 1. The second-order valence-corrected chi connectivity index (χ2v) is 8.54. The van der Waals surface area contributed by atoms with Crippen LogP contribution in [0.15, 0.2) is 66.9 Å². The number of carboxylic acids is 1. The molecule has 1 aliphatic rings. The first-order valence-corrected chi connectivity index (χ1v) is 11.2. The van der Waals surface area contributed by atoms with Crippen molar-refractivity contribution in [1.82, 2.24) is 9.88 Å². The van der Waals surface area contributed by atoms with Gasteiger partial charge in [0.05, 0.1) is 11.2 Å². The van der Waals surface area contributed by atoms with Crippen molar-refractivity contribution in [1.29, 1.82) is 0 Å². The standard InChI is InChI=1S/C26H29N3O3/c1-29(22(26(31)32)17-18-9-3-2-4-10-18)25(30)24(20-11-5-6-12-20)28-21-15-7-13-19-14-8-16-27-23(19)21/h2-4,7-10,13-16,20,22,24,28H,5-6,11-12,17H2,1H3,(H,31,32)/t22-,24+/m0/s1. The van der Waals surface area contributed by atoms with Crippen molar-refractivity contribution in [2.24, 2.45) is 5.92 Å². The van der Waals surface area contributed by atoms with E-state index in [1.807, 2.05) is 60.7 Å². The van der Waals surface area contributed by atoms with E-state index >= 15 is 0 Å². The lowest BCUT2D eigenvalue weighted by Gasteiger charge is -2.32. The first-order chi connectivity index (χ1) is 15.5. The van der Waals surface area contributed by atoms with Crippen molar-refractivity contribution in [3.05, 3.63) is 72.4 Å². The molecule has 1 aliphatic carbocycles. The van der Waals surface area contributed by atoms with E-state index in [0.717, 1.165) is 47.8 Å². The Balaban J connectivity index is 1.61. The van der Waals surface area contributed by atoms with Crippen LogP contribution < -0.4 is 5.32 Å². The summed E-state index contributed by atoms with van der Waals surface area (Å²) in [6.45, 7) is 0. The average Bonchev–Trinajstić information content (AvgIpc) is 3.35. The normalized spacial score (nSPS) is 15.9. The van der Waals surface area contributed by atoms with E-state index in [4.69, 9.17) is 0 Å². The minimum atomic E-state index is -0.998. The van der Waals surface area contributed by atoms with Crippen LogP contribution >= 0.6 is 0 Å². The Hall–Kier alpha value is -3.41. The molecule has 1 saturated carbocycles. The number of nitrogens with one attached hydrogen (secondary N) is 1. The highest BCUT2D eigenvalue weighted by molar-refractivity contribution is 5.94. The topological polar surface area (TPSA) is 82.5 Å². The summed E-state index contributed by atoms with van der Waals surface area (Å²) in [5.74, 6) is -1.02. The van der Waals surface area contributed by atoms with Crippen molar-refractivity contribution in [3.8, 4) is 0 Å². The summed E-state index contributed by atoms with van der Waals surface area (Å²) in [6, 6.07) is 17.8. The molecular weight excluding hydrogens is 402 g/mol. The number of anilines is 1. The van der Waals surface area contributed by atoms with Crippen LogP contribution in [0.25, 0.3) is 10.9 Å². The summed E-state index contributed by atoms with van der Waals surface area (Å²) in [5.41, 5.74) is 2.51. The lowest BCUT2D eigenvalue weighted by atomic mass is 9.95. The van der Waals surface area contributed by atoms with Crippen LogP contribution in [-0.4, -0.2) is 46.0 Å². The Labute approximate surface area is 188 Å². The number of hydrogen-bond donors (Lipinski definition) is 2. The van der Waals surface area contributed by atoms with Gasteiger partial charge in [-0.3, -0.25) is 9.78 Å². The molecule has 2 aromatic carbocycles.